The highest BCUT2D eigenvalue weighted by atomic mass is 32.2. The molecule has 0 aliphatic heterocycles. The molecule has 0 fully saturated rings. The maximum atomic E-state index is 14.7. The predicted molar refractivity (Wildman–Crippen MR) is 91.2 cm³/mol. The van der Waals surface area contributed by atoms with Crippen molar-refractivity contribution in [1.29, 1.82) is 0 Å². The third-order valence-electron chi connectivity index (χ3n) is 3.74. The van der Waals surface area contributed by atoms with Gasteiger partial charge >= 0.3 is 0 Å². The molecule has 2 N–H and O–H groups in total. The summed E-state index contributed by atoms with van der Waals surface area (Å²) in [6.07, 6.45) is 3.46. The van der Waals surface area contributed by atoms with Gasteiger partial charge in [0.1, 0.15) is 23.6 Å². The minimum atomic E-state index is -3.66. The van der Waals surface area contributed by atoms with Gasteiger partial charge in [-0.3, -0.25) is 9.63 Å². The van der Waals surface area contributed by atoms with E-state index >= 15 is 0 Å². The first-order valence-corrected chi connectivity index (χ1v) is 9.47. The number of sulfonamides is 1. The second-order valence-corrected chi connectivity index (χ2v) is 7.46. The van der Waals surface area contributed by atoms with E-state index in [9.17, 15) is 22.0 Å². The molecule has 2 heterocycles. The summed E-state index contributed by atoms with van der Waals surface area (Å²) in [5.41, 5.74) is -0.109. The van der Waals surface area contributed by atoms with Crippen LogP contribution in [0.5, 0.6) is 0 Å². The van der Waals surface area contributed by atoms with Crippen LogP contribution in [0.25, 0.3) is 11.0 Å². The molecular formula is C16H14F2N4O4S. The Balaban J connectivity index is 2.00. The Kier molecular flexibility index (Phi) is 5.00. The van der Waals surface area contributed by atoms with Gasteiger partial charge in [-0.2, -0.15) is 0 Å². The Morgan fingerprint density at radius 2 is 2.04 bits per heavy atom. The van der Waals surface area contributed by atoms with Crippen LogP contribution >= 0.6 is 0 Å². The van der Waals surface area contributed by atoms with Gasteiger partial charge in [0.05, 0.1) is 35.1 Å². The van der Waals surface area contributed by atoms with Crippen molar-refractivity contribution in [2.75, 3.05) is 6.26 Å². The number of hydrogen-bond acceptors (Lipinski definition) is 6. The number of nitrogens with one attached hydrogen (secondary N) is 2. The third-order valence-corrected chi connectivity index (χ3v) is 4.16. The van der Waals surface area contributed by atoms with Crippen LogP contribution in [-0.4, -0.2) is 35.4 Å². The highest BCUT2D eigenvalue weighted by molar-refractivity contribution is 7.88. The number of benzene rings is 1. The highest BCUT2D eigenvalue weighted by Gasteiger charge is 2.25. The van der Waals surface area contributed by atoms with Crippen molar-refractivity contribution in [3.63, 3.8) is 0 Å². The molecule has 0 saturated carbocycles. The van der Waals surface area contributed by atoms with Crippen LogP contribution in [0, 0.1) is 18.6 Å². The number of rotatable bonds is 6. The van der Waals surface area contributed by atoms with E-state index in [1.807, 2.05) is 0 Å². The van der Waals surface area contributed by atoms with E-state index in [4.69, 9.17) is 0 Å². The van der Waals surface area contributed by atoms with Crippen LogP contribution < -0.4 is 4.89 Å². The van der Waals surface area contributed by atoms with E-state index in [1.54, 1.807) is 11.8 Å². The van der Waals surface area contributed by atoms with E-state index in [0.717, 1.165) is 18.4 Å². The Hall–Kier alpha value is -2.76. The molecule has 3 aromatic rings. The standard InChI is InChI=1S/C16H14F2N4O4S/c1-8-12-10(5-19-16(12)21-7-20-8)15(23)13-11(17)4-3-9(14(13)18)6-26-22-27(2,24)25/h3-5,7,22H,6H2,1-2H3,(H,19,20,21). The zero-order chi connectivity index (χ0) is 19.8. The smallest absolute Gasteiger partial charge is 0.230 e. The van der Waals surface area contributed by atoms with Gasteiger partial charge in [-0.1, -0.05) is 11.0 Å². The Labute approximate surface area is 152 Å². The summed E-state index contributed by atoms with van der Waals surface area (Å²) in [6, 6.07) is 1.97. The first-order valence-electron chi connectivity index (χ1n) is 7.58. The van der Waals surface area contributed by atoms with Gasteiger partial charge < -0.3 is 4.98 Å². The Morgan fingerprint density at radius 1 is 1.30 bits per heavy atom. The molecule has 8 nitrogen and oxygen atoms in total. The van der Waals surface area contributed by atoms with Gasteiger partial charge in [0.25, 0.3) is 0 Å². The number of aryl methyl sites for hydroxylation is 1. The quantitative estimate of drug-likeness (QED) is 0.485. The maximum absolute atomic E-state index is 14.7. The number of carbonyl (C=O) groups excluding carboxylic acids is 1. The number of H-pyrrole nitrogens is 1. The van der Waals surface area contributed by atoms with Crippen LogP contribution in [0.3, 0.4) is 0 Å². The Morgan fingerprint density at radius 3 is 2.74 bits per heavy atom. The maximum Gasteiger partial charge on any atom is 0.230 e. The van der Waals surface area contributed by atoms with Gasteiger partial charge in [-0.05, 0) is 13.0 Å². The number of ketones is 1. The molecular weight excluding hydrogens is 382 g/mol. The molecule has 1 aromatic carbocycles. The van der Waals surface area contributed by atoms with E-state index in [1.165, 1.54) is 12.5 Å². The zero-order valence-electron chi connectivity index (χ0n) is 14.2. The lowest BCUT2D eigenvalue weighted by Crippen LogP contribution is -2.22. The second-order valence-electron chi connectivity index (χ2n) is 5.75. The molecule has 3 rings (SSSR count). The SMILES string of the molecule is Cc1ncnc2[nH]cc(C(=O)c3c(F)ccc(CONS(C)(=O)=O)c3F)c12. The summed E-state index contributed by atoms with van der Waals surface area (Å²) >= 11 is 0. The average molecular weight is 396 g/mol. The second kappa shape index (κ2) is 7.10. The molecule has 0 aliphatic rings. The molecule has 11 heteroatoms. The van der Waals surface area contributed by atoms with Gasteiger partial charge in [-0.15, -0.1) is 0 Å². The topological polar surface area (TPSA) is 114 Å². The molecule has 0 aliphatic carbocycles. The lowest BCUT2D eigenvalue weighted by Gasteiger charge is -2.09. The number of fused-ring (bicyclic) bond motifs is 1. The fourth-order valence-corrected chi connectivity index (χ4v) is 2.83. The summed E-state index contributed by atoms with van der Waals surface area (Å²) in [5.74, 6) is -3.09. The summed E-state index contributed by atoms with van der Waals surface area (Å²) in [7, 11) is -3.66. The predicted octanol–water partition coefficient (Wildman–Crippen LogP) is 1.76. The van der Waals surface area contributed by atoms with Crippen molar-refractivity contribution in [1.82, 2.24) is 19.8 Å². The van der Waals surface area contributed by atoms with Gasteiger partial charge in [0.2, 0.25) is 15.8 Å². The minimum absolute atomic E-state index is 0.0215. The summed E-state index contributed by atoms with van der Waals surface area (Å²) in [5, 5.41) is 0.363. The number of aromatic nitrogens is 3. The van der Waals surface area contributed by atoms with Crippen molar-refractivity contribution in [3.8, 4) is 0 Å². The normalized spacial score (nSPS) is 11.9. The van der Waals surface area contributed by atoms with E-state index in [0.29, 0.717) is 16.7 Å². The van der Waals surface area contributed by atoms with Crippen molar-refractivity contribution in [2.24, 2.45) is 0 Å². The first-order chi connectivity index (χ1) is 12.7. The van der Waals surface area contributed by atoms with Gasteiger partial charge in [0.15, 0.2) is 0 Å². The molecule has 0 unspecified atom stereocenters. The lowest BCUT2D eigenvalue weighted by molar-refractivity contribution is 0.0777. The molecule has 142 valence electrons. The summed E-state index contributed by atoms with van der Waals surface area (Å²) in [4.78, 5) is 29.9. The average Bonchev–Trinajstić information content (AvgIpc) is 3.01. The van der Waals surface area contributed by atoms with Crippen molar-refractivity contribution in [3.05, 3.63) is 58.7 Å². The molecule has 0 spiro atoms. The van der Waals surface area contributed by atoms with E-state index in [-0.39, 0.29) is 11.1 Å². The van der Waals surface area contributed by atoms with Gasteiger partial charge in [-0.25, -0.2) is 27.2 Å². The molecule has 0 saturated heterocycles. The van der Waals surface area contributed by atoms with Crippen molar-refractivity contribution < 1.29 is 26.8 Å². The lowest BCUT2D eigenvalue weighted by atomic mass is 9.99. The molecule has 0 amide bonds. The third kappa shape index (κ3) is 3.84. The fraction of sp³-hybridized carbons (Fsp3) is 0.188. The van der Waals surface area contributed by atoms with Crippen molar-refractivity contribution >= 4 is 26.8 Å². The number of aromatic amines is 1. The monoisotopic (exact) mass is 396 g/mol. The zero-order valence-corrected chi connectivity index (χ0v) is 15.0. The van der Waals surface area contributed by atoms with Crippen LogP contribution in [-0.2, 0) is 21.5 Å². The summed E-state index contributed by atoms with van der Waals surface area (Å²) in [6.45, 7) is 1.11. The Bertz CT molecular complexity index is 1140. The van der Waals surface area contributed by atoms with Gasteiger partial charge in [0, 0.05) is 11.8 Å². The van der Waals surface area contributed by atoms with Crippen LogP contribution in [0.15, 0.2) is 24.7 Å². The number of carbonyl (C=O) groups is 1. The largest absolute Gasteiger partial charge is 0.345 e. The number of nitrogens with zero attached hydrogens (tertiary/aromatic N) is 2. The van der Waals surface area contributed by atoms with Crippen LogP contribution in [0.1, 0.15) is 27.2 Å². The molecule has 27 heavy (non-hydrogen) atoms. The molecule has 0 atom stereocenters. The highest BCUT2D eigenvalue weighted by Crippen LogP contribution is 2.26. The molecule has 2 aromatic heterocycles. The van der Waals surface area contributed by atoms with Crippen LogP contribution in [0.4, 0.5) is 8.78 Å². The number of halogens is 2. The molecule has 0 bridgehead atoms. The summed E-state index contributed by atoms with van der Waals surface area (Å²) < 4.78 is 50.9. The first kappa shape index (κ1) is 19.0. The van der Waals surface area contributed by atoms with Crippen molar-refractivity contribution in [2.45, 2.75) is 13.5 Å². The van der Waals surface area contributed by atoms with E-state index in [2.05, 4.69) is 19.8 Å². The number of hydrogen-bond donors (Lipinski definition) is 2. The molecule has 0 radical (unpaired) electrons. The van der Waals surface area contributed by atoms with E-state index < -0.39 is 39.6 Å². The minimum Gasteiger partial charge on any atom is -0.345 e. The van der Waals surface area contributed by atoms with Crippen LogP contribution in [0.2, 0.25) is 0 Å². The fourth-order valence-electron chi connectivity index (χ4n) is 2.56.